The summed E-state index contributed by atoms with van der Waals surface area (Å²) in [5, 5.41) is 8.44. The fourth-order valence-electron chi connectivity index (χ4n) is 3.36. The van der Waals surface area contributed by atoms with Crippen LogP contribution in [0.25, 0.3) is 11.0 Å². The van der Waals surface area contributed by atoms with Crippen molar-refractivity contribution in [2.24, 2.45) is 11.8 Å². The molecule has 3 aromatic heterocycles. The van der Waals surface area contributed by atoms with Crippen LogP contribution in [0.3, 0.4) is 0 Å². The Balaban J connectivity index is 1.77. The number of ether oxygens (including phenoxy) is 1. The van der Waals surface area contributed by atoms with E-state index in [0.717, 1.165) is 24.0 Å². The number of hydrogen-bond donors (Lipinski definition) is 1. The normalized spacial score (nSPS) is 13.6. The molecule has 156 valence electrons. The molecule has 0 saturated heterocycles. The number of anilines is 2. The fourth-order valence-corrected chi connectivity index (χ4v) is 3.36. The summed E-state index contributed by atoms with van der Waals surface area (Å²) in [4.78, 5) is 21.0. The van der Waals surface area contributed by atoms with Crippen molar-refractivity contribution in [3.8, 4) is 0 Å². The van der Waals surface area contributed by atoms with E-state index in [0.29, 0.717) is 30.1 Å². The highest BCUT2D eigenvalue weighted by Crippen LogP contribution is 2.22. The second-order valence-corrected chi connectivity index (χ2v) is 7.62. The highest BCUT2D eigenvalue weighted by molar-refractivity contribution is 5.77. The van der Waals surface area contributed by atoms with E-state index in [9.17, 15) is 4.79 Å². The maximum absolute atomic E-state index is 11.9. The van der Waals surface area contributed by atoms with Crippen molar-refractivity contribution < 1.29 is 9.53 Å². The molecule has 0 radical (unpaired) electrons. The van der Waals surface area contributed by atoms with Crippen LogP contribution in [0.2, 0.25) is 0 Å². The smallest absolute Gasteiger partial charge is 0.330 e. The van der Waals surface area contributed by atoms with E-state index in [1.807, 2.05) is 12.3 Å². The maximum atomic E-state index is 11.9. The Bertz CT molecular complexity index is 961. The number of fused-ring (bicyclic) bond motifs is 1. The summed E-state index contributed by atoms with van der Waals surface area (Å²) in [6.07, 6.45) is 8.43. The van der Waals surface area contributed by atoms with Crippen molar-refractivity contribution in [3.63, 3.8) is 0 Å². The number of hydrogen-bond acceptors (Lipinski definition) is 6. The van der Waals surface area contributed by atoms with Crippen LogP contribution >= 0.6 is 0 Å². The lowest BCUT2D eigenvalue weighted by Gasteiger charge is -2.20. The third kappa shape index (κ3) is 4.75. The summed E-state index contributed by atoms with van der Waals surface area (Å²) in [5.41, 5.74) is 1.63. The molecule has 3 aromatic rings. The minimum Gasteiger partial charge on any atom is -0.464 e. The minimum atomic E-state index is -0.492. The largest absolute Gasteiger partial charge is 0.464 e. The van der Waals surface area contributed by atoms with Gasteiger partial charge in [-0.25, -0.2) is 9.78 Å². The molecule has 0 saturated carbocycles. The van der Waals surface area contributed by atoms with Crippen molar-refractivity contribution in [2.45, 2.75) is 53.6 Å². The summed E-state index contributed by atoms with van der Waals surface area (Å²) in [6, 6.07) is 1.55. The van der Waals surface area contributed by atoms with Gasteiger partial charge < -0.3 is 14.6 Å². The molecule has 29 heavy (non-hydrogen) atoms. The monoisotopic (exact) mass is 398 g/mol. The average Bonchev–Trinajstić information content (AvgIpc) is 3.32. The SMILES string of the molecule is CCOC(=O)C(C)n1cc(Nc2ncc3ccn(CC(CC)C(C)C)c3n2)cn1. The van der Waals surface area contributed by atoms with Gasteiger partial charge in [-0.15, -0.1) is 0 Å². The molecule has 0 bridgehead atoms. The van der Waals surface area contributed by atoms with E-state index in [2.05, 4.69) is 46.9 Å². The number of carbonyl (C=O) groups is 1. The molecule has 8 nitrogen and oxygen atoms in total. The number of carbonyl (C=O) groups excluding carboxylic acids is 1. The van der Waals surface area contributed by atoms with Gasteiger partial charge >= 0.3 is 5.97 Å². The molecule has 8 heteroatoms. The van der Waals surface area contributed by atoms with Gasteiger partial charge in [0.05, 0.1) is 18.5 Å². The molecular formula is C21H30N6O2. The van der Waals surface area contributed by atoms with Gasteiger partial charge in [0.25, 0.3) is 0 Å². The molecule has 2 unspecified atom stereocenters. The molecule has 0 amide bonds. The molecule has 1 N–H and O–H groups in total. The summed E-state index contributed by atoms with van der Waals surface area (Å²) in [7, 11) is 0. The lowest BCUT2D eigenvalue weighted by Crippen LogP contribution is -2.19. The van der Waals surface area contributed by atoms with Crippen LogP contribution in [0.4, 0.5) is 11.6 Å². The highest BCUT2D eigenvalue weighted by atomic mass is 16.5. The first-order valence-corrected chi connectivity index (χ1v) is 10.2. The molecule has 3 heterocycles. The van der Waals surface area contributed by atoms with E-state index >= 15 is 0 Å². The lowest BCUT2D eigenvalue weighted by molar-refractivity contribution is -0.146. The third-order valence-corrected chi connectivity index (χ3v) is 5.28. The summed E-state index contributed by atoms with van der Waals surface area (Å²) in [6.45, 7) is 11.6. The predicted octanol–water partition coefficient (Wildman–Crippen LogP) is 4.18. The van der Waals surface area contributed by atoms with Gasteiger partial charge in [0.15, 0.2) is 0 Å². The first-order chi connectivity index (χ1) is 13.9. The Morgan fingerprint density at radius 1 is 1.24 bits per heavy atom. The number of rotatable bonds is 9. The topological polar surface area (TPSA) is 86.9 Å². The van der Waals surface area contributed by atoms with Crippen molar-refractivity contribution in [1.29, 1.82) is 0 Å². The Labute approximate surface area is 171 Å². The molecule has 0 fully saturated rings. The Kier molecular flexibility index (Phi) is 6.51. The van der Waals surface area contributed by atoms with Crippen LogP contribution in [0.15, 0.2) is 30.9 Å². The van der Waals surface area contributed by atoms with Gasteiger partial charge in [-0.2, -0.15) is 10.1 Å². The summed E-state index contributed by atoms with van der Waals surface area (Å²) in [5.74, 6) is 1.40. The zero-order chi connectivity index (χ0) is 21.0. The van der Waals surface area contributed by atoms with Gasteiger partial charge in [0.1, 0.15) is 11.7 Å². The van der Waals surface area contributed by atoms with Crippen LogP contribution in [0.5, 0.6) is 0 Å². The van der Waals surface area contributed by atoms with Crippen LogP contribution in [0, 0.1) is 11.8 Å². The van der Waals surface area contributed by atoms with Gasteiger partial charge in [-0.1, -0.05) is 27.2 Å². The van der Waals surface area contributed by atoms with Crippen molar-refractivity contribution in [3.05, 3.63) is 30.9 Å². The van der Waals surface area contributed by atoms with Crippen molar-refractivity contribution >= 4 is 28.6 Å². The van der Waals surface area contributed by atoms with Gasteiger partial charge in [0.2, 0.25) is 5.95 Å². The lowest BCUT2D eigenvalue weighted by atomic mass is 9.93. The zero-order valence-electron chi connectivity index (χ0n) is 17.8. The number of nitrogens with zero attached hydrogens (tertiary/aromatic N) is 5. The second kappa shape index (κ2) is 9.07. The number of nitrogens with one attached hydrogen (secondary N) is 1. The first kappa shape index (κ1) is 20.8. The molecule has 0 spiro atoms. The van der Waals surface area contributed by atoms with Crippen LogP contribution < -0.4 is 5.32 Å². The second-order valence-electron chi connectivity index (χ2n) is 7.62. The minimum absolute atomic E-state index is 0.312. The van der Waals surface area contributed by atoms with E-state index in [1.165, 1.54) is 0 Å². The van der Waals surface area contributed by atoms with Gasteiger partial charge in [0, 0.05) is 30.5 Å². The maximum Gasteiger partial charge on any atom is 0.330 e. The van der Waals surface area contributed by atoms with Crippen LogP contribution in [-0.4, -0.2) is 36.9 Å². The number of aromatic nitrogens is 5. The Morgan fingerprint density at radius 3 is 2.72 bits per heavy atom. The Morgan fingerprint density at radius 2 is 2.03 bits per heavy atom. The molecule has 0 aliphatic rings. The predicted molar refractivity (Wildman–Crippen MR) is 113 cm³/mol. The zero-order valence-corrected chi connectivity index (χ0v) is 17.8. The molecular weight excluding hydrogens is 368 g/mol. The Hall–Kier alpha value is -2.90. The van der Waals surface area contributed by atoms with Crippen molar-refractivity contribution in [2.75, 3.05) is 11.9 Å². The molecule has 0 aliphatic heterocycles. The van der Waals surface area contributed by atoms with Gasteiger partial charge in [-0.3, -0.25) is 4.68 Å². The average molecular weight is 399 g/mol. The molecule has 3 rings (SSSR count). The standard InChI is InChI=1S/C21H30N6O2/c1-6-16(14(3)4)12-26-9-8-17-10-22-21(25-19(17)26)24-18-11-23-27(13-18)15(5)20(28)29-7-2/h8-11,13-16H,6-7,12H2,1-5H3,(H,22,24,25). The molecule has 2 atom stereocenters. The summed E-state index contributed by atoms with van der Waals surface area (Å²) >= 11 is 0. The fraction of sp³-hybridized carbons (Fsp3) is 0.524. The third-order valence-electron chi connectivity index (χ3n) is 5.28. The van der Waals surface area contributed by atoms with Crippen LogP contribution in [0.1, 0.15) is 47.1 Å². The quantitative estimate of drug-likeness (QED) is 0.544. The van der Waals surface area contributed by atoms with E-state index in [-0.39, 0.29) is 5.97 Å². The van der Waals surface area contributed by atoms with Gasteiger partial charge in [-0.05, 0) is 31.7 Å². The van der Waals surface area contributed by atoms with Crippen molar-refractivity contribution in [1.82, 2.24) is 24.3 Å². The van der Waals surface area contributed by atoms with E-state index in [4.69, 9.17) is 9.72 Å². The summed E-state index contributed by atoms with van der Waals surface area (Å²) < 4.78 is 8.81. The highest BCUT2D eigenvalue weighted by Gasteiger charge is 2.18. The molecule has 0 aliphatic carbocycles. The van der Waals surface area contributed by atoms with Crippen LogP contribution in [-0.2, 0) is 16.1 Å². The van der Waals surface area contributed by atoms with E-state index < -0.39 is 6.04 Å². The van der Waals surface area contributed by atoms with E-state index in [1.54, 1.807) is 30.9 Å². The first-order valence-electron chi connectivity index (χ1n) is 10.2. The number of esters is 1. The molecule has 0 aromatic carbocycles.